The normalized spacial score (nSPS) is 12.7. The summed E-state index contributed by atoms with van der Waals surface area (Å²) in [7, 11) is 1.84. The molecule has 19 heavy (non-hydrogen) atoms. The van der Waals surface area contributed by atoms with Gasteiger partial charge in [-0.3, -0.25) is 4.79 Å². The molecule has 0 bridgehead atoms. The van der Waals surface area contributed by atoms with Gasteiger partial charge in [-0.05, 0) is 19.3 Å². The van der Waals surface area contributed by atoms with Gasteiger partial charge in [0.15, 0.2) is 5.16 Å². The molecule has 1 aromatic rings. The summed E-state index contributed by atoms with van der Waals surface area (Å²) in [6, 6.07) is 0. The molecule has 0 aliphatic rings. The Hall–Kier alpha value is -1.01. The SMILES string of the molecule is CC(C)CCNC(=O)C(C)Sc1ncc(CO)n1C. The summed E-state index contributed by atoms with van der Waals surface area (Å²) in [5.74, 6) is 0.615. The van der Waals surface area contributed by atoms with Crippen molar-refractivity contribution in [2.24, 2.45) is 13.0 Å². The van der Waals surface area contributed by atoms with Crippen molar-refractivity contribution < 1.29 is 9.90 Å². The van der Waals surface area contributed by atoms with Crippen LogP contribution in [0.25, 0.3) is 0 Å². The Morgan fingerprint density at radius 3 is 2.74 bits per heavy atom. The first kappa shape index (κ1) is 16.0. The maximum atomic E-state index is 11.9. The van der Waals surface area contributed by atoms with Gasteiger partial charge in [-0.25, -0.2) is 4.98 Å². The molecule has 0 aliphatic heterocycles. The van der Waals surface area contributed by atoms with E-state index in [2.05, 4.69) is 24.1 Å². The third-order valence-electron chi connectivity index (χ3n) is 2.88. The van der Waals surface area contributed by atoms with Crippen LogP contribution in [0.2, 0.25) is 0 Å². The Kier molecular flexibility index (Phi) is 6.37. The maximum Gasteiger partial charge on any atom is 0.233 e. The highest BCUT2D eigenvalue weighted by Crippen LogP contribution is 2.22. The third-order valence-corrected chi connectivity index (χ3v) is 4.03. The number of amides is 1. The second-order valence-corrected chi connectivity index (χ2v) is 6.29. The Labute approximate surface area is 118 Å². The van der Waals surface area contributed by atoms with E-state index in [0.29, 0.717) is 12.5 Å². The van der Waals surface area contributed by atoms with Crippen LogP contribution in [0, 0.1) is 5.92 Å². The number of nitrogens with one attached hydrogen (secondary N) is 1. The Balaban J connectivity index is 2.47. The van der Waals surface area contributed by atoms with Crippen LogP contribution in [-0.2, 0) is 18.4 Å². The molecule has 5 nitrogen and oxygen atoms in total. The monoisotopic (exact) mass is 285 g/mol. The molecule has 0 aliphatic carbocycles. The van der Waals surface area contributed by atoms with E-state index in [1.54, 1.807) is 6.20 Å². The van der Waals surface area contributed by atoms with Gasteiger partial charge in [-0.15, -0.1) is 0 Å². The predicted molar refractivity (Wildman–Crippen MR) is 76.9 cm³/mol. The molecule has 1 unspecified atom stereocenters. The molecule has 108 valence electrons. The number of aromatic nitrogens is 2. The lowest BCUT2D eigenvalue weighted by molar-refractivity contribution is -0.120. The van der Waals surface area contributed by atoms with Crippen LogP contribution in [0.4, 0.5) is 0 Å². The fourth-order valence-corrected chi connectivity index (χ4v) is 2.42. The van der Waals surface area contributed by atoms with Crippen LogP contribution in [0.15, 0.2) is 11.4 Å². The molecular weight excluding hydrogens is 262 g/mol. The largest absolute Gasteiger partial charge is 0.390 e. The predicted octanol–water partition coefficient (Wildman–Crippen LogP) is 1.56. The molecule has 0 saturated heterocycles. The third kappa shape index (κ3) is 4.87. The van der Waals surface area contributed by atoms with Gasteiger partial charge in [0.05, 0.1) is 23.7 Å². The highest BCUT2D eigenvalue weighted by atomic mass is 32.2. The smallest absolute Gasteiger partial charge is 0.233 e. The van der Waals surface area contributed by atoms with E-state index in [4.69, 9.17) is 5.11 Å². The number of nitrogens with zero attached hydrogens (tertiary/aromatic N) is 2. The topological polar surface area (TPSA) is 67.2 Å². The van der Waals surface area contributed by atoms with Gasteiger partial charge in [-0.2, -0.15) is 0 Å². The number of hydrogen-bond acceptors (Lipinski definition) is 4. The van der Waals surface area contributed by atoms with Crippen LogP contribution < -0.4 is 5.32 Å². The molecule has 0 radical (unpaired) electrons. The van der Waals surface area contributed by atoms with Crippen molar-refractivity contribution in [3.63, 3.8) is 0 Å². The molecule has 6 heteroatoms. The second-order valence-electron chi connectivity index (χ2n) is 4.98. The molecule has 1 atom stereocenters. The summed E-state index contributed by atoms with van der Waals surface area (Å²) in [6.45, 7) is 6.80. The van der Waals surface area contributed by atoms with E-state index in [0.717, 1.165) is 17.3 Å². The van der Waals surface area contributed by atoms with Crippen LogP contribution >= 0.6 is 11.8 Å². The zero-order valence-electron chi connectivity index (χ0n) is 12.0. The molecule has 1 amide bonds. The first-order chi connectivity index (χ1) is 8.95. The Morgan fingerprint density at radius 1 is 1.53 bits per heavy atom. The minimum Gasteiger partial charge on any atom is -0.390 e. The van der Waals surface area contributed by atoms with E-state index >= 15 is 0 Å². The van der Waals surface area contributed by atoms with E-state index in [1.165, 1.54) is 11.8 Å². The average molecular weight is 285 g/mol. The molecule has 1 aromatic heterocycles. The van der Waals surface area contributed by atoms with Gasteiger partial charge in [0.25, 0.3) is 0 Å². The molecule has 0 saturated carbocycles. The fourth-order valence-electron chi connectivity index (χ4n) is 1.52. The van der Waals surface area contributed by atoms with Crippen molar-refractivity contribution in [3.8, 4) is 0 Å². The van der Waals surface area contributed by atoms with Crippen molar-refractivity contribution in [1.29, 1.82) is 0 Å². The number of carbonyl (C=O) groups excluding carboxylic acids is 1. The molecule has 2 N–H and O–H groups in total. The zero-order chi connectivity index (χ0) is 14.4. The van der Waals surface area contributed by atoms with Crippen molar-refractivity contribution in [1.82, 2.24) is 14.9 Å². The first-order valence-corrected chi connectivity index (χ1v) is 7.39. The fraction of sp³-hybridized carbons (Fsp3) is 0.692. The van der Waals surface area contributed by atoms with Crippen LogP contribution in [0.5, 0.6) is 0 Å². The van der Waals surface area contributed by atoms with Crippen LogP contribution in [0.3, 0.4) is 0 Å². The number of aliphatic hydroxyl groups excluding tert-OH is 1. The second kappa shape index (κ2) is 7.55. The maximum absolute atomic E-state index is 11.9. The summed E-state index contributed by atoms with van der Waals surface area (Å²) in [6.07, 6.45) is 2.62. The number of hydrogen-bond donors (Lipinski definition) is 2. The quantitative estimate of drug-likeness (QED) is 0.746. The summed E-state index contributed by atoms with van der Waals surface area (Å²) in [5, 5.41) is 12.6. The number of imidazole rings is 1. The van der Waals surface area contributed by atoms with Crippen LogP contribution in [-0.4, -0.2) is 32.4 Å². The summed E-state index contributed by atoms with van der Waals surface area (Å²) in [4.78, 5) is 16.1. The lowest BCUT2D eigenvalue weighted by Gasteiger charge is -2.12. The molecule has 1 rings (SSSR count). The van der Waals surface area contributed by atoms with Gasteiger partial charge < -0.3 is 15.0 Å². The summed E-state index contributed by atoms with van der Waals surface area (Å²) in [5.41, 5.74) is 0.745. The minimum atomic E-state index is -0.195. The van der Waals surface area contributed by atoms with E-state index in [1.807, 2.05) is 18.5 Å². The van der Waals surface area contributed by atoms with Gasteiger partial charge in [0.2, 0.25) is 5.91 Å². The summed E-state index contributed by atoms with van der Waals surface area (Å²) >= 11 is 1.40. The van der Waals surface area contributed by atoms with Crippen molar-refractivity contribution in [3.05, 3.63) is 11.9 Å². The van der Waals surface area contributed by atoms with Gasteiger partial charge >= 0.3 is 0 Å². The molecular formula is C13H23N3O2S. The highest BCUT2D eigenvalue weighted by molar-refractivity contribution is 8.00. The standard InChI is InChI=1S/C13H23N3O2S/c1-9(2)5-6-14-12(18)10(3)19-13-15-7-11(8-17)16(13)4/h7,9-10,17H,5-6,8H2,1-4H3,(H,14,18). The number of aliphatic hydroxyl groups is 1. The number of rotatable bonds is 7. The lowest BCUT2D eigenvalue weighted by Crippen LogP contribution is -2.32. The van der Waals surface area contributed by atoms with Crippen molar-refractivity contribution in [2.75, 3.05) is 6.54 Å². The number of thioether (sulfide) groups is 1. The van der Waals surface area contributed by atoms with E-state index < -0.39 is 0 Å². The first-order valence-electron chi connectivity index (χ1n) is 6.51. The van der Waals surface area contributed by atoms with Gasteiger partial charge in [-0.1, -0.05) is 25.6 Å². The van der Waals surface area contributed by atoms with Crippen molar-refractivity contribution in [2.45, 2.75) is 44.2 Å². The number of carbonyl (C=O) groups is 1. The molecule has 0 aromatic carbocycles. The Bertz CT molecular complexity index is 418. The highest BCUT2D eigenvalue weighted by Gasteiger charge is 2.17. The molecule has 0 fully saturated rings. The van der Waals surface area contributed by atoms with Crippen molar-refractivity contribution >= 4 is 17.7 Å². The van der Waals surface area contributed by atoms with Gasteiger partial charge in [0.1, 0.15) is 0 Å². The lowest BCUT2D eigenvalue weighted by atomic mass is 10.1. The minimum absolute atomic E-state index is 0.0270. The summed E-state index contributed by atoms with van der Waals surface area (Å²) < 4.78 is 1.81. The molecule has 1 heterocycles. The Morgan fingerprint density at radius 2 is 2.21 bits per heavy atom. The van der Waals surface area contributed by atoms with E-state index in [9.17, 15) is 4.79 Å². The average Bonchev–Trinajstić information content (AvgIpc) is 2.69. The molecule has 0 spiro atoms. The zero-order valence-corrected chi connectivity index (χ0v) is 12.8. The van der Waals surface area contributed by atoms with Gasteiger partial charge in [0, 0.05) is 13.6 Å². The van der Waals surface area contributed by atoms with Crippen LogP contribution in [0.1, 0.15) is 32.9 Å². The van der Waals surface area contributed by atoms with E-state index in [-0.39, 0.29) is 17.8 Å².